The summed E-state index contributed by atoms with van der Waals surface area (Å²) in [6.07, 6.45) is 2.61. The number of halogens is 2. The molecule has 2 N–H and O–H groups in total. The fourth-order valence-electron chi connectivity index (χ4n) is 2.01. The highest BCUT2D eigenvalue weighted by Crippen LogP contribution is 2.31. The van der Waals surface area contributed by atoms with Crippen molar-refractivity contribution in [3.05, 3.63) is 29.0 Å². The van der Waals surface area contributed by atoms with Crippen LogP contribution in [0.2, 0.25) is 5.02 Å². The molecule has 0 saturated heterocycles. The Morgan fingerprint density at radius 1 is 1.41 bits per heavy atom. The van der Waals surface area contributed by atoms with Crippen molar-refractivity contribution in [3.8, 4) is 0 Å². The number of aliphatic hydroxyl groups is 1. The van der Waals surface area contributed by atoms with Crippen molar-refractivity contribution >= 4 is 23.2 Å². The lowest BCUT2D eigenvalue weighted by atomic mass is 10.0. The lowest BCUT2D eigenvalue weighted by Crippen LogP contribution is -2.40. The third-order valence-electron chi connectivity index (χ3n) is 3.03. The van der Waals surface area contributed by atoms with E-state index >= 15 is 0 Å². The van der Waals surface area contributed by atoms with Crippen molar-refractivity contribution in [1.82, 2.24) is 0 Å². The Labute approximate surface area is 104 Å². The van der Waals surface area contributed by atoms with Gasteiger partial charge in [0.2, 0.25) is 0 Å². The molecule has 0 aliphatic heterocycles. The van der Waals surface area contributed by atoms with Crippen LogP contribution < -0.4 is 5.32 Å². The fourth-order valence-corrected chi connectivity index (χ4v) is 2.19. The van der Waals surface area contributed by atoms with Crippen molar-refractivity contribution < 1.29 is 14.3 Å². The van der Waals surface area contributed by atoms with E-state index in [4.69, 9.17) is 11.6 Å². The van der Waals surface area contributed by atoms with Gasteiger partial charge in [0.1, 0.15) is 11.4 Å². The Kier molecular flexibility index (Phi) is 3.35. The Hall–Kier alpha value is -1.13. The Balaban J connectivity index is 2.10. The molecule has 17 heavy (non-hydrogen) atoms. The highest BCUT2D eigenvalue weighted by molar-refractivity contribution is 6.31. The minimum atomic E-state index is -1.29. The van der Waals surface area contributed by atoms with Gasteiger partial charge in [-0.05, 0) is 43.9 Å². The number of rotatable bonds is 2. The van der Waals surface area contributed by atoms with E-state index < -0.39 is 17.3 Å². The lowest BCUT2D eigenvalue weighted by molar-refractivity contribution is -0.133. The van der Waals surface area contributed by atoms with Gasteiger partial charge >= 0.3 is 0 Å². The molecule has 5 heteroatoms. The molecule has 3 nitrogen and oxygen atoms in total. The summed E-state index contributed by atoms with van der Waals surface area (Å²) >= 11 is 5.60. The summed E-state index contributed by atoms with van der Waals surface area (Å²) in [5.41, 5.74) is -0.900. The summed E-state index contributed by atoms with van der Waals surface area (Å²) in [6, 6.07) is 3.92. The predicted molar refractivity (Wildman–Crippen MR) is 63.5 cm³/mol. The van der Waals surface area contributed by atoms with Crippen LogP contribution in [0.4, 0.5) is 10.1 Å². The van der Waals surface area contributed by atoms with E-state index in [0.717, 1.165) is 12.8 Å². The van der Waals surface area contributed by atoms with E-state index in [1.54, 1.807) is 0 Å². The molecule has 1 aliphatic carbocycles. The van der Waals surface area contributed by atoms with Gasteiger partial charge < -0.3 is 10.4 Å². The molecule has 0 aromatic heterocycles. The van der Waals surface area contributed by atoms with Crippen LogP contribution in [0, 0.1) is 5.82 Å². The summed E-state index contributed by atoms with van der Waals surface area (Å²) in [5, 5.41) is 12.5. The fraction of sp³-hybridized carbons (Fsp3) is 0.417. The van der Waals surface area contributed by atoms with E-state index in [1.165, 1.54) is 18.2 Å². The first-order valence-corrected chi connectivity index (χ1v) is 5.88. The number of benzene rings is 1. The van der Waals surface area contributed by atoms with Crippen molar-refractivity contribution in [2.45, 2.75) is 31.3 Å². The normalized spacial score (nSPS) is 18.1. The number of carbonyl (C=O) groups excluding carboxylic acids is 1. The Morgan fingerprint density at radius 2 is 2.06 bits per heavy atom. The van der Waals surface area contributed by atoms with Gasteiger partial charge in [-0.1, -0.05) is 11.6 Å². The molecule has 2 rings (SSSR count). The van der Waals surface area contributed by atoms with Gasteiger partial charge in [-0.3, -0.25) is 4.79 Å². The summed E-state index contributed by atoms with van der Waals surface area (Å²) in [6.45, 7) is 0. The summed E-state index contributed by atoms with van der Waals surface area (Å²) in [5.74, 6) is -0.984. The summed E-state index contributed by atoms with van der Waals surface area (Å²) in [7, 11) is 0. The summed E-state index contributed by atoms with van der Waals surface area (Å²) in [4.78, 5) is 11.8. The number of nitrogens with one attached hydrogen (secondary N) is 1. The van der Waals surface area contributed by atoms with Crippen molar-refractivity contribution in [3.63, 3.8) is 0 Å². The van der Waals surface area contributed by atoms with E-state index in [1.807, 2.05) is 0 Å². The highest BCUT2D eigenvalue weighted by Gasteiger charge is 2.38. The zero-order chi connectivity index (χ0) is 12.5. The maximum atomic E-state index is 12.9. The molecular weight excluding hydrogens is 245 g/mol. The van der Waals surface area contributed by atoms with Crippen LogP contribution in [0.3, 0.4) is 0 Å². The molecule has 1 aromatic carbocycles. The maximum absolute atomic E-state index is 12.9. The molecular formula is C12H13ClFNO2. The Bertz CT molecular complexity index is 444. The predicted octanol–water partition coefficient (Wildman–Crippen LogP) is 2.72. The Morgan fingerprint density at radius 3 is 2.65 bits per heavy atom. The first-order valence-electron chi connectivity index (χ1n) is 5.50. The smallest absolute Gasteiger partial charge is 0.256 e. The minimum Gasteiger partial charge on any atom is -0.380 e. The highest BCUT2D eigenvalue weighted by atomic mass is 35.5. The second-order valence-electron chi connectivity index (χ2n) is 4.32. The maximum Gasteiger partial charge on any atom is 0.256 e. The first-order chi connectivity index (χ1) is 8.01. The van der Waals surface area contributed by atoms with Gasteiger partial charge in [-0.25, -0.2) is 4.39 Å². The number of carbonyl (C=O) groups is 1. The molecule has 0 unspecified atom stereocenters. The van der Waals surface area contributed by atoms with Crippen molar-refractivity contribution in [2.75, 3.05) is 5.32 Å². The average molecular weight is 258 g/mol. The van der Waals surface area contributed by atoms with Crippen LogP contribution in [0.15, 0.2) is 18.2 Å². The molecule has 1 aromatic rings. The van der Waals surface area contributed by atoms with E-state index in [2.05, 4.69) is 5.32 Å². The molecule has 0 bridgehead atoms. The van der Waals surface area contributed by atoms with Crippen molar-refractivity contribution in [1.29, 1.82) is 0 Å². The molecule has 0 atom stereocenters. The third kappa shape index (κ3) is 2.58. The van der Waals surface area contributed by atoms with E-state index in [-0.39, 0.29) is 5.02 Å². The monoisotopic (exact) mass is 257 g/mol. The van der Waals surface area contributed by atoms with Crippen LogP contribution >= 0.6 is 11.6 Å². The van der Waals surface area contributed by atoms with Gasteiger partial charge in [-0.15, -0.1) is 0 Å². The summed E-state index contributed by atoms with van der Waals surface area (Å²) < 4.78 is 12.9. The SMILES string of the molecule is O=C(Nc1ccc(F)c(Cl)c1)C1(O)CCCC1. The van der Waals surface area contributed by atoms with Gasteiger partial charge in [0.25, 0.3) is 5.91 Å². The van der Waals surface area contributed by atoms with Crippen LogP contribution in [-0.4, -0.2) is 16.6 Å². The number of hydrogen-bond acceptors (Lipinski definition) is 2. The average Bonchev–Trinajstić information content (AvgIpc) is 2.72. The molecule has 1 aliphatic rings. The van der Waals surface area contributed by atoms with E-state index in [9.17, 15) is 14.3 Å². The number of hydrogen-bond donors (Lipinski definition) is 2. The quantitative estimate of drug-likeness (QED) is 0.856. The van der Waals surface area contributed by atoms with Gasteiger partial charge in [0, 0.05) is 5.69 Å². The van der Waals surface area contributed by atoms with Crippen LogP contribution in [0.5, 0.6) is 0 Å². The van der Waals surface area contributed by atoms with Crippen LogP contribution in [0.25, 0.3) is 0 Å². The van der Waals surface area contributed by atoms with Gasteiger partial charge in [-0.2, -0.15) is 0 Å². The second kappa shape index (κ2) is 4.63. The second-order valence-corrected chi connectivity index (χ2v) is 4.73. The minimum absolute atomic E-state index is 0.0544. The van der Waals surface area contributed by atoms with Crippen LogP contribution in [-0.2, 0) is 4.79 Å². The molecule has 0 spiro atoms. The van der Waals surface area contributed by atoms with E-state index in [0.29, 0.717) is 18.5 Å². The third-order valence-corrected chi connectivity index (χ3v) is 3.32. The van der Waals surface area contributed by atoms with Crippen LogP contribution in [0.1, 0.15) is 25.7 Å². The standard InChI is InChI=1S/C12H13ClFNO2/c13-9-7-8(3-4-10(9)14)15-11(16)12(17)5-1-2-6-12/h3-4,7,17H,1-2,5-6H2,(H,15,16). The number of amides is 1. The first kappa shape index (κ1) is 12.3. The number of anilines is 1. The van der Waals surface area contributed by atoms with Crippen molar-refractivity contribution in [2.24, 2.45) is 0 Å². The molecule has 1 saturated carbocycles. The van der Waals surface area contributed by atoms with Gasteiger partial charge in [0.15, 0.2) is 0 Å². The zero-order valence-corrected chi connectivity index (χ0v) is 9.93. The molecule has 1 fully saturated rings. The molecule has 1 amide bonds. The van der Waals surface area contributed by atoms with Gasteiger partial charge in [0.05, 0.1) is 5.02 Å². The lowest BCUT2D eigenvalue weighted by Gasteiger charge is -2.20. The zero-order valence-electron chi connectivity index (χ0n) is 9.17. The largest absolute Gasteiger partial charge is 0.380 e. The topological polar surface area (TPSA) is 49.3 Å². The molecule has 92 valence electrons. The molecule has 0 radical (unpaired) electrons. The molecule has 0 heterocycles.